The van der Waals surface area contributed by atoms with Gasteiger partial charge in [0.1, 0.15) is 11.4 Å². The first-order valence-electron chi connectivity index (χ1n) is 9.44. The summed E-state index contributed by atoms with van der Waals surface area (Å²) in [7, 11) is 1.64. The van der Waals surface area contributed by atoms with Crippen LogP contribution in [0.2, 0.25) is 0 Å². The Kier molecular flexibility index (Phi) is 6.47. The summed E-state index contributed by atoms with van der Waals surface area (Å²) in [6.07, 6.45) is 2.40. The van der Waals surface area contributed by atoms with Crippen LogP contribution in [-0.4, -0.2) is 61.5 Å². The Morgan fingerprint density at radius 2 is 1.82 bits per heavy atom. The van der Waals surface area contributed by atoms with Crippen LogP contribution >= 0.6 is 0 Å². The van der Waals surface area contributed by atoms with Crippen molar-refractivity contribution in [1.29, 1.82) is 0 Å². The van der Waals surface area contributed by atoms with E-state index in [0.29, 0.717) is 25.3 Å². The van der Waals surface area contributed by atoms with Gasteiger partial charge < -0.3 is 19.9 Å². The Hall–Kier alpha value is -3.09. The zero-order chi connectivity index (χ0) is 19.9. The van der Waals surface area contributed by atoms with Gasteiger partial charge in [-0.2, -0.15) is 0 Å². The average Bonchev–Trinajstić information content (AvgIpc) is 2.74. The number of nitrogens with one attached hydrogen (secondary N) is 1. The lowest BCUT2D eigenvalue weighted by Crippen LogP contribution is -2.48. The minimum absolute atomic E-state index is 0.103. The topological polar surface area (TPSA) is 74.8 Å². The molecule has 1 aliphatic rings. The van der Waals surface area contributed by atoms with Gasteiger partial charge in [-0.05, 0) is 36.2 Å². The third-order valence-electron chi connectivity index (χ3n) is 4.92. The molecule has 0 spiro atoms. The molecular weight excluding hydrogens is 356 g/mol. The van der Waals surface area contributed by atoms with E-state index in [-0.39, 0.29) is 11.8 Å². The van der Waals surface area contributed by atoms with Gasteiger partial charge in [-0.1, -0.05) is 12.1 Å². The summed E-state index contributed by atoms with van der Waals surface area (Å²) in [5.74, 6) is 0.738. The summed E-state index contributed by atoms with van der Waals surface area (Å²) in [6.45, 7) is 5.02. The second kappa shape index (κ2) is 9.21. The second-order valence-electron chi connectivity index (χ2n) is 6.75. The molecule has 0 unspecified atom stereocenters. The van der Waals surface area contributed by atoms with Gasteiger partial charge in [0.25, 0.3) is 5.91 Å². The zero-order valence-corrected chi connectivity index (χ0v) is 16.4. The van der Waals surface area contributed by atoms with Gasteiger partial charge in [-0.25, -0.2) is 0 Å². The standard InChI is InChI=1S/C21H26N4O3/c1-16(26)24-11-13-25(14-12-24)18-8-10-22-20(15-18)21(27)23-9-7-17-3-5-19(28-2)6-4-17/h3-6,8,10,15H,7,9,11-14H2,1-2H3,(H,23,27). The quantitative estimate of drug-likeness (QED) is 0.824. The first-order chi connectivity index (χ1) is 13.6. The van der Waals surface area contributed by atoms with E-state index < -0.39 is 0 Å². The summed E-state index contributed by atoms with van der Waals surface area (Å²) in [5.41, 5.74) is 2.49. The van der Waals surface area contributed by atoms with Crippen molar-refractivity contribution in [2.24, 2.45) is 0 Å². The van der Waals surface area contributed by atoms with E-state index in [1.807, 2.05) is 41.3 Å². The van der Waals surface area contributed by atoms with Gasteiger partial charge in [0.05, 0.1) is 7.11 Å². The summed E-state index contributed by atoms with van der Waals surface area (Å²) < 4.78 is 5.15. The molecule has 2 amide bonds. The van der Waals surface area contributed by atoms with Crippen LogP contribution in [0.15, 0.2) is 42.6 Å². The lowest BCUT2D eigenvalue weighted by Gasteiger charge is -2.35. The van der Waals surface area contributed by atoms with Crippen molar-refractivity contribution in [1.82, 2.24) is 15.2 Å². The summed E-state index contributed by atoms with van der Waals surface area (Å²) >= 11 is 0. The molecule has 0 bridgehead atoms. The van der Waals surface area contributed by atoms with Crippen molar-refractivity contribution >= 4 is 17.5 Å². The molecule has 1 aliphatic heterocycles. The Morgan fingerprint density at radius 3 is 2.46 bits per heavy atom. The molecule has 0 saturated carbocycles. The number of amides is 2. The number of hydrogen-bond donors (Lipinski definition) is 1. The zero-order valence-electron chi connectivity index (χ0n) is 16.4. The molecule has 1 N–H and O–H groups in total. The molecule has 0 aliphatic carbocycles. The molecule has 0 atom stereocenters. The van der Waals surface area contributed by atoms with Crippen LogP contribution in [0.1, 0.15) is 23.0 Å². The molecular formula is C21H26N4O3. The smallest absolute Gasteiger partial charge is 0.269 e. The normalized spacial score (nSPS) is 13.9. The van der Waals surface area contributed by atoms with E-state index in [1.54, 1.807) is 20.2 Å². The number of pyridine rings is 1. The average molecular weight is 382 g/mol. The van der Waals surface area contributed by atoms with Crippen molar-refractivity contribution in [2.45, 2.75) is 13.3 Å². The molecule has 1 fully saturated rings. The number of piperazine rings is 1. The third-order valence-corrected chi connectivity index (χ3v) is 4.92. The highest BCUT2D eigenvalue weighted by Crippen LogP contribution is 2.17. The van der Waals surface area contributed by atoms with Gasteiger partial charge in [-0.3, -0.25) is 14.6 Å². The SMILES string of the molecule is COc1ccc(CCNC(=O)c2cc(N3CCN(C(C)=O)CC3)ccn2)cc1. The maximum atomic E-state index is 12.4. The van der Waals surface area contributed by atoms with E-state index in [1.165, 1.54) is 0 Å². The number of ether oxygens (including phenoxy) is 1. The Morgan fingerprint density at radius 1 is 1.11 bits per heavy atom. The van der Waals surface area contributed by atoms with Crippen molar-refractivity contribution in [3.05, 3.63) is 53.9 Å². The summed E-state index contributed by atoms with van der Waals surface area (Å²) in [4.78, 5) is 32.1. The van der Waals surface area contributed by atoms with Crippen LogP contribution in [0.25, 0.3) is 0 Å². The van der Waals surface area contributed by atoms with Crippen molar-refractivity contribution < 1.29 is 14.3 Å². The lowest BCUT2D eigenvalue weighted by atomic mass is 10.1. The van der Waals surface area contributed by atoms with E-state index in [2.05, 4.69) is 15.2 Å². The van der Waals surface area contributed by atoms with Crippen molar-refractivity contribution in [2.75, 3.05) is 44.7 Å². The monoisotopic (exact) mass is 382 g/mol. The molecule has 28 heavy (non-hydrogen) atoms. The largest absolute Gasteiger partial charge is 0.497 e. The Bertz CT molecular complexity index is 815. The van der Waals surface area contributed by atoms with Crippen LogP contribution in [-0.2, 0) is 11.2 Å². The van der Waals surface area contributed by atoms with Crippen LogP contribution in [0.3, 0.4) is 0 Å². The maximum Gasteiger partial charge on any atom is 0.269 e. The maximum absolute atomic E-state index is 12.4. The number of carbonyl (C=O) groups excluding carboxylic acids is 2. The number of methoxy groups -OCH3 is 1. The van der Waals surface area contributed by atoms with Crippen LogP contribution < -0.4 is 15.0 Å². The number of anilines is 1. The summed E-state index contributed by atoms with van der Waals surface area (Å²) in [5, 5.41) is 2.92. The molecule has 1 aromatic carbocycles. The van der Waals surface area contributed by atoms with Gasteiger partial charge in [0.2, 0.25) is 5.91 Å². The highest BCUT2D eigenvalue weighted by atomic mass is 16.5. The molecule has 1 saturated heterocycles. The van der Waals surface area contributed by atoms with Crippen LogP contribution in [0.4, 0.5) is 5.69 Å². The fraction of sp³-hybridized carbons (Fsp3) is 0.381. The fourth-order valence-electron chi connectivity index (χ4n) is 3.22. The first-order valence-corrected chi connectivity index (χ1v) is 9.44. The molecule has 2 heterocycles. The van der Waals surface area contributed by atoms with Crippen molar-refractivity contribution in [3.8, 4) is 5.75 Å². The highest BCUT2D eigenvalue weighted by molar-refractivity contribution is 5.93. The Balaban J connectivity index is 1.53. The molecule has 148 valence electrons. The molecule has 0 radical (unpaired) electrons. The minimum atomic E-state index is -0.183. The number of rotatable bonds is 6. The van der Waals surface area contributed by atoms with Crippen LogP contribution in [0.5, 0.6) is 5.75 Å². The molecule has 7 heteroatoms. The van der Waals surface area contributed by atoms with E-state index in [9.17, 15) is 9.59 Å². The molecule has 2 aromatic rings. The number of carbonyl (C=O) groups is 2. The van der Waals surface area contributed by atoms with Gasteiger partial charge in [-0.15, -0.1) is 0 Å². The van der Waals surface area contributed by atoms with Gasteiger partial charge in [0.15, 0.2) is 0 Å². The predicted octanol–water partition coefficient (Wildman–Crippen LogP) is 1.73. The number of nitrogens with zero attached hydrogens (tertiary/aromatic N) is 3. The lowest BCUT2D eigenvalue weighted by molar-refractivity contribution is -0.129. The third kappa shape index (κ3) is 5.00. The Labute approximate surface area is 165 Å². The number of benzene rings is 1. The van der Waals surface area contributed by atoms with E-state index in [4.69, 9.17) is 4.74 Å². The van der Waals surface area contributed by atoms with Crippen molar-refractivity contribution in [3.63, 3.8) is 0 Å². The van der Waals surface area contributed by atoms with E-state index >= 15 is 0 Å². The summed E-state index contributed by atoms with van der Waals surface area (Å²) in [6, 6.07) is 11.5. The van der Waals surface area contributed by atoms with Gasteiger partial charge >= 0.3 is 0 Å². The fourth-order valence-corrected chi connectivity index (χ4v) is 3.22. The number of hydrogen-bond acceptors (Lipinski definition) is 5. The highest BCUT2D eigenvalue weighted by Gasteiger charge is 2.19. The van der Waals surface area contributed by atoms with Crippen LogP contribution in [0, 0.1) is 0 Å². The second-order valence-corrected chi connectivity index (χ2v) is 6.75. The molecule has 7 nitrogen and oxygen atoms in total. The number of aromatic nitrogens is 1. The first kappa shape index (κ1) is 19.7. The minimum Gasteiger partial charge on any atom is -0.497 e. The van der Waals surface area contributed by atoms with Gasteiger partial charge in [0, 0.05) is 51.5 Å². The molecule has 3 rings (SSSR count). The van der Waals surface area contributed by atoms with E-state index in [0.717, 1.165) is 36.5 Å². The predicted molar refractivity (Wildman–Crippen MR) is 108 cm³/mol. The molecule has 1 aromatic heterocycles.